The summed E-state index contributed by atoms with van der Waals surface area (Å²) in [5, 5.41) is 9.08. The van der Waals surface area contributed by atoms with Crippen LogP contribution in [0.2, 0.25) is 0 Å². The molecule has 5 aromatic rings. The normalized spacial score (nSPS) is 12.5. The maximum Gasteiger partial charge on any atom is 0.0485 e. The van der Waals surface area contributed by atoms with Gasteiger partial charge in [-0.3, -0.25) is 0 Å². The number of thiophene rings is 1. The highest BCUT2D eigenvalue weighted by molar-refractivity contribution is 7.26. The predicted molar refractivity (Wildman–Crippen MR) is 106 cm³/mol. The van der Waals surface area contributed by atoms with Gasteiger partial charge in [0.15, 0.2) is 0 Å². The molecule has 1 nitrogen and oxygen atoms in total. The zero-order valence-corrected chi connectivity index (χ0v) is 13.7. The maximum absolute atomic E-state index is 3.65. The average molecular weight is 323 g/mol. The van der Waals surface area contributed by atoms with Gasteiger partial charge in [0, 0.05) is 42.5 Å². The SMILES string of the molecule is c1ccc2c(c1)Nc1cc3sc4ccccc4c3c3cccc-2c13. The quantitative estimate of drug-likeness (QED) is 0.319. The van der Waals surface area contributed by atoms with Gasteiger partial charge < -0.3 is 5.32 Å². The van der Waals surface area contributed by atoms with Crippen LogP contribution in [0.3, 0.4) is 0 Å². The van der Waals surface area contributed by atoms with E-state index in [2.05, 4.69) is 78.1 Å². The second-order valence-corrected chi connectivity index (χ2v) is 7.38. The Morgan fingerprint density at radius 2 is 1.38 bits per heavy atom. The van der Waals surface area contributed by atoms with Crippen LogP contribution in [0.25, 0.3) is 42.1 Å². The Balaban J connectivity index is 1.89. The van der Waals surface area contributed by atoms with Crippen molar-refractivity contribution >= 4 is 53.7 Å². The largest absolute Gasteiger partial charge is 0.354 e. The van der Waals surface area contributed by atoms with Gasteiger partial charge in [0.25, 0.3) is 0 Å². The maximum atomic E-state index is 3.65. The Kier molecular flexibility index (Phi) is 2.29. The van der Waals surface area contributed by atoms with Gasteiger partial charge in [0.1, 0.15) is 0 Å². The van der Waals surface area contributed by atoms with Crippen molar-refractivity contribution < 1.29 is 0 Å². The number of nitrogens with one attached hydrogen (secondary N) is 1. The molecular formula is C22H13NS. The highest BCUT2D eigenvalue weighted by Gasteiger charge is 2.20. The lowest BCUT2D eigenvalue weighted by Gasteiger charge is -2.22. The first kappa shape index (κ1) is 12.6. The molecule has 0 radical (unpaired) electrons. The van der Waals surface area contributed by atoms with Crippen molar-refractivity contribution in [3.8, 4) is 11.1 Å². The lowest BCUT2D eigenvalue weighted by Crippen LogP contribution is -2.00. The van der Waals surface area contributed by atoms with Gasteiger partial charge in [0.05, 0.1) is 0 Å². The third-order valence-electron chi connectivity index (χ3n) is 4.99. The van der Waals surface area contributed by atoms with Gasteiger partial charge in [-0.15, -0.1) is 11.3 Å². The fourth-order valence-electron chi connectivity index (χ4n) is 3.99. The molecule has 2 heteroatoms. The van der Waals surface area contributed by atoms with E-state index in [1.54, 1.807) is 0 Å². The third kappa shape index (κ3) is 1.49. The summed E-state index contributed by atoms with van der Waals surface area (Å²) in [6.45, 7) is 0. The first-order valence-electron chi connectivity index (χ1n) is 8.13. The number of benzene rings is 4. The van der Waals surface area contributed by atoms with Crippen LogP contribution in [0.5, 0.6) is 0 Å². The number of anilines is 2. The Hall–Kier alpha value is -2.84. The lowest BCUT2D eigenvalue weighted by molar-refractivity contribution is 1.54. The van der Waals surface area contributed by atoms with Crippen LogP contribution in [0, 0.1) is 0 Å². The van der Waals surface area contributed by atoms with Crippen LogP contribution in [-0.2, 0) is 0 Å². The summed E-state index contributed by atoms with van der Waals surface area (Å²) in [7, 11) is 0. The van der Waals surface area contributed by atoms with Gasteiger partial charge >= 0.3 is 0 Å². The number of rotatable bonds is 0. The zero-order chi connectivity index (χ0) is 15.7. The van der Waals surface area contributed by atoms with E-state index in [1.165, 1.54) is 53.4 Å². The summed E-state index contributed by atoms with van der Waals surface area (Å²) in [5.74, 6) is 0. The monoisotopic (exact) mass is 323 g/mol. The molecule has 0 aliphatic carbocycles. The second-order valence-electron chi connectivity index (χ2n) is 6.29. The van der Waals surface area contributed by atoms with E-state index < -0.39 is 0 Å². The molecule has 0 amide bonds. The van der Waals surface area contributed by atoms with E-state index in [9.17, 15) is 0 Å². The van der Waals surface area contributed by atoms with E-state index in [4.69, 9.17) is 0 Å². The molecule has 1 aromatic heterocycles. The Morgan fingerprint density at radius 3 is 2.38 bits per heavy atom. The van der Waals surface area contributed by atoms with Crippen molar-refractivity contribution in [3.05, 3.63) is 72.8 Å². The zero-order valence-electron chi connectivity index (χ0n) is 12.8. The van der Waals surface area contributed by atoms with Crippen LogP contribution in [-0.4, -0.2) is 0 Å². The van der Waals surface area contributed by atoms with Crippen molar-refractivity contribution in [2.75, 3.05) is 5.32 Å². The molecule has 0 bridgehead atoms. The number of hydrogen-bond acceptors (Lipinski definition) is 2. The summed E-state index contributed by atoms with van der Waals surface area (Å²) in [6.07, 6.45) is 0. The van der Waals surface area contributed by atoms with E-state index in [-0.39, 0.29) is 0 Å². The van der Waals surface area contributed by atoms with Gasteiger partial charge in [-0.05, 0) is 29.1 Å². The van der Waals surface area contributed by atoms with Crippen molar-refractivity contribution in [3.63, 3.8) is 0 Å². The molecule has 1 N–H and O–H groups in total. The molecule has 6 rings (SSSR count). The first-order chi connectivity index (χ1) is 11.9. The van der Waals surface area contributed by atoms with Gasteiger partial charge in [0.2, 0.25) is 0 Å². The van der Waals surface area contributed by atoms with E-state index in [0.717, 1.165) is 0 Å². The van der Waals surface area contributed by atoms with Crippen LogP contribution < -0.4 is 5.32 Å². The minimum absolute atomic E-state index is 1.19. The summed E-state index contributed by atoms with van der Waals surface area (Å²) < 4.78 is 2.70. The van der Waals surface area contributed by atoms with Gasteiger partial charge in [-0.2, -0.15) is 0 Å². The second kappa shape index (κ2) is 4.37. The first-order valence-corrected chi connectivity index (χ1v) is 8.95. The molecule has 0 atom stereocenters. The molecule has 0 saturated heterocycles. The van der Waals surface area contributed by atoms with Crippen molar-refractivity contribution in [1.29, 1.82) is 0 Å². The van der Waals surface area contributed by atoms with E-state index in [0.29, 0.717) is 0 Å². The van der Waals surface area contributed by atoms with Crippen LogP contribution in [0.1, 0.15) is 0 Å². The minimum atomic E-state index is 1.19. The standard InChI is InChI=1S/C22H13NS/c1-3-10-17-13(6-1)14-8-5-9-16-21(14)18(23-17)12-20-22(16)15-7-2-4-11-19(15)24-20/h1-12,23H. The average Bonchev–Trinajstić information content (AvgIpc) is 3.00. The van der Waals surface area contributed by atoms with Crippen molar-refractivity contribution in [2.24, 2.45) is 0 Å². The van der Waals surface area contributed by atoms with Crippen molar-refractivity contribution in [2.45, 2.75) is 0 Å². The Labute approximate surface area is 143 Å². The van der Waals surface area contributed by atoms with Crippen LogP contribution in [0.4, 0.5) is 11.4 Å². The van der Waals surface area contributed by atoms with Crippen molar-refractivity contribution in [1.82, 2.24) is 0 Å². The molecule has 0 spiro atoms. The van der Waals surface area contributed by atoms with E-state index >= 15 is 0 Å². The number of fused-ring (bicyclic) bond motifs is 6. The van der Waals surface area contributed by atoms with Crippen LogP contribution in [0.15, 0.2) is 72.8 Å². The number of hydrogen-bond donors (Lipinski definition) is 1. The molecule has 0 saturated carbocycles. The summed E-state index contributed by atoms with van der Waals surface area (Å²) in [4.78, 5) is 0. The molecule has 0 fully saturated rings. The molecular weight excluding hydrogens is 310 g/mol. The fraction of sp³-hybridized carbons (Fsp3) is 0. The highest BCUT2D eigenvalue weighted by atomic mass is 32.1. The van der Waals surface area contributed by atoms with Gasteiger partial charge in [-0.25, -0.2) is 0 Å². The topological polar surface area (TPSA) is 12.0 Å². The molecule has 0 unspecified atom stereocenters. The van der Waals surface area contributed by atoms with E-state index in [1.807, 2.05) is 11.3 Å². The van der Waals surface area contributed by atoms with Gasteiger partial charge in [-0.1, -0.05) is 54.6 Å². The minimum Gasteiger partial charge on any atom is -0.354 e. The predicted octanol–water partition coefficient (Wildman–Crippen LogP) is 6.93. The molecule has 2 heterocycles. The molecule has 4 aromatic carbocycles. The summed E-state index contributed by atoms with van der Waals surface area (Å²) in [5.41, 5.74) is 5.03. The fourth-order valence-corrected chi connectivity index (χ4v) is 5.16. The summed E-state index contributed by atoms with van der Waals surface area (Å²) >= 11 is 1.88. The summed E-state index contributed by atoms with van der Waals surface area (Å²) in [6, 6.07) is 26.3. The van der Waals surface area contributed by atoms with Crippen LogP contribution >= 0.6 is 11.3 Å². The molecule has 24 heavy (non-hydrogen) atoms. The molecule has 112 valence electrons. The Bertz CT molecular complexity index is 1280. The highest BCUT2D eigenvalue weighted by Crippen LogP contribution is 2.48. The molecule has 1 aliphatic heterocycles. The smallest absolute Gasteiger partial charge is 0.0485 e. The Morgan fingerprint density at radius 1 is 0.583 bits per heavy atom. The molecule has 1 aliphatic rings. The lowest BCUT2D eigenvalue weighted by atomic mass is 9.91. The number of para-hydroxylation sites is 1. The third-order valence-corrected chi connectivity index (χ3v) is 6.11.